The Morgan fingerprint density at radius 3 is 2.75 bits per heavy atom. The summed E-state index contributed by atoms with van der Waals surface area (Å²) in [5, 5.41) is 0. The van der Waals surface area contributed by atoms with Gasteiger partial charge in [0, 0.05) is 6.42 Å². The molecule has 0 bridgehead atoms. The predicted octanol–water partition coefficient (Wildman–Crippen LogP) is 2.40. The molecule has 0 aliphatic carbocycles. The van der Waals surface area contributed by atoms with Gasteiger partial charge in [0.2, 0.25) is 0 Å². The van der Waals surface area contributed by atoms with E-state index in [0.717, 1.165) is 6.42 Å². The van der Waals surface area contributed by atoms with Crippen molar-refractivity contribution in [2.24, 2.45) is 0 Å². The average molecular weight is 109 g/mol. The highest BCUT2D eigenvalue weighted by atomic mass is 13.9. The standard InChI is InChI=1S/C8H13/c1-3-5-7-8-6-4-2/h1,4H,5-8H2,2H3. The van der Waals surface area contributed by atoms with Gasteiger partial charge in [0.15, 0.2) is 0 Å². The van der Waals surface area contributed by atoms with E-state index >= 15 is 0 Å². The van der Waals surface area contributed by atoms with Crippen LogP contribution in [0.2, 0.25) is 0 Å². The molecule has 0 rings (SSSR count). The second kappa shape index (κ2) is 6.56. The van der Waals surface area contributed by atoms with E-state index in [9.17, 15) is 0 Å². The van der Waals surface area contributed by atoms with E-state index < -0.39 is 0 Å². The van der Waals surface area contributed by atoms with Crippen LogP contribution in [-0.4, -0.2) is 0 Å². The largest absolute Gasteiger partial charge is 0.120 e. The minimum Gasteiger partial charge on any atom is -0.120 e. The molecule has 0 atom stereocenters. The van der Waals surface area contributed by atoms with Crippen molar-refractivity contribution in [3.8, 4) is 12.3 Å². The van der Waals surface area contributed by atoms with E-state index in [0.29, 0.717) is 0 Å². The first-order valence-corrected chi connectivity index (χ1v) is 3.13. The Bertz CT molecular complexity index is 66.6. The second-order valence-corrected chi connectivity index (χ2v) is 1.86. The maximum Gasteiger partial charge on any atom is 0.00860 e. The van der Waals surface area contributed by atoms with Gasteiger partial charge in [-0.2, -0.15) is 0 Å². The first kappa shape index (κ1) is 7.56. The van der Waals surface area contributed by atoms with E-state index in [1.165, 1.54) is 19.3 Å². The molecule has 0 amide bonds. The molecule has 0 heterocycles. The molecule has 0 aromatic carbocycles. The van der Waals surface area contributed by atoms with E-state index in [1.807, 2.05) is 0 Å². The summed E-state index contributed by atoms with van der Waals surface area (Å²) >= 11 is 0. The quantitative estimate of drug-likeness (QED) is 0.384. The van der Waals surface area contributed by atoms with Crippen molar-refractivity contribution in [2.75, 3.05) is 0 Å². The van der Waals surface area contributed by atoms with Crippen LogP contribution in [0.4, 0.5) is 0 Å². The lowest BCUT2D eigenvalue weighted by molar-refractivity contribution is 0.748. The van der Waals surface area contributed by atoms with E-state index in [4.69, 9.17) is 6.42 Å². The van der Waals surface area contributed by atoms with Crippen LogP contribution in [-0.2, 0) is 0 Å². The SMILES string of the molecule is C#CCCCC[CH]C. The smallest absolute Gasteiger partial charge is 0.00860 e. The molecule has 0 saturated heterocycles. The van der Waals surface area contributed by atoms with Crippen LogP contribution in [0.5, 0.6) is 0 Å². The third kappa shape index (κ3) is 5.56. The minimum atomic E-state index is 0.938. The third-order valence-electron chi connectivity index (χ3n) is 1.06. The molecule has 0 spiro atoms. The summed E-state index contributed by atoms with van der Waals surface area (Å²) in [7, 11) is 0. The topological polar surface area (TPSA) is 0 Å². The van der Waals surface area contributed by atoms with Crippen LogP contribution in [0, 0.1) is 18.8 Å². The van der Waals surface area contributed by atoms with Gasteiger partial charge >= 0.3 is 0 Å². The van der Waals surface area contributed by atoms with Crippen molar-refractivity contribution in [1.29, 1.82) is 0 Å². The van der Waals surface area contributed by atoms with Crippen LogP contribution in [0.15, 0.2) is 0 Å². The fourth-order valence-corrected chi connectivity index (χ4v) is 0.576. The van der Waals surface area contributed by atoms with E-state index in [1.54, 1.807) is 0 Å². The third-order valence-corrected chi connectivity index (χ3v) is 1.06. The number of unbranched alkanes of at least 4 members (excludes halogenated alkanes) is 4. The second-order valence-electron chi connectivity index (χ2n) is 1.86. The summed E-state index contributed by atoms with van der Waals surface area (Å²) in [5.74, 6) is 2.61. The maximum absolute atomic E-state index is 5.05. The first-order valence-electron chi connectivity index (χ1n) is 3.13. The number of rotatable bonds is 4. The average Bonchev–Trinajstić information content (AvgIpc) is 1.81. The molecule has 0 unspecified atom stereocenters. The molecule has 8 heavy (non-hydrogen) atoms. The Hall–Kier alpha value is -0.440. The van der Waals surface area contributed by atoms with Crippen LogP contribution < -0.4 is 0 Å². The highest BCUT2D eigenvalue weighted by Gasteiger charge is 1.82. The lowest BCUT2D eigenvalue weighted by Crippen LogP contribution is -1.73. The Balaban J connectivity index is 2.65. The van der Waals surface area contributed by atoms with Gasteiger partial charge in [0.1, 0.15) is 0 Å². The van der Waals surface area contributed by atoms with Gasteiger partial charge in [-0.25, -0.2) is 0 Å². The summed E-state index contributed by atoms with van der Waals surface area (Å²) in [6.07, 6.45) is 11.8. The Morgan fingerprint density at radius 2 is 2.25 bits per heavy atom. The molecule has 0 saturated carbocycles. The summed E-state index contributed by atoms with van der Waals surface area (Å²) in [5.41, 5.74) is 0. The minimum absolute atomic E-state index is 0.938. The zero-order valence-electron chi connectivity index (χ0n) is 5.48. The Kier molecular flexibility index (Phi) is 6.20. The summed E-state index contributed by atoms with van der Waals surface area (Å²) < 4.78 is 0. The Labute approximate surface area is 52.3 Å². The van der Waals surface area contributed by atoms with E-state index in [2.05, 4.69) is 19.3 Å². The van der Waals surface area contributed by atoms with Gasteiger partial charge in [-0.1, -0.05) is 19.8 Å². The molecule has 0 heteroatoms. The molecule has 0 aliphatic rings. The summed E-state index contributed by atoms with van der Waals surface area (Å²) in [4.78, 5) is 0. The van der Waals surface area contributed by atoms with Gasteiger partial charge in [-0.05, 0) is 12.8 Å². The van der Waals surface area contributed by atoms with Crippen LogP contribution in [0.1, 0.15) is 32.6 Å². The molecule has 0 aromatic rings. The van der Waals surface area contributed by atoms with Crippen LogP contribution >= 0.6 is 0 Å². The van der Waals surface area contributed by atoms with Gasteiger partial charge in [-0.3, -0.25) is 0 Å². The lowest BCUT2D eigenvalue weighted by Gasteiger charge is -1.90. The normalized spacial score (nSPS) is 8.50. The van der Waals surface area contributed by atoms with Gasteiger partial charge in [-0.15, -0.1) is 12.3 Å². The van der Waals surface area contributed by atoms with Crippen LogP contribution in [0.3, 0.4) is 0 Å². The van der Waals surface area contributed by atoms with Crippen LogP contribution in [0.25, 0.3) is 0 Å². The number of terminal acetylenes is 1. The summed E-state index contributed by atoms with van der Waals surface area (Å²) in [6, 6.07) is 0. The molecular weight excluding hydrogens is 96.1 g/mol. The number of hydrogen-bond acceptors (Lipinski definition) is 0. The fourth-order valence-electron chi connectivity index (χ4n) is 0.576. The number of hydrogen-bond donors (Lipinski definition) is 0. The Morgan fingerprint density at radius 1 is 1.50 bits per heavy atom. The predicted molar refractivity (Wildman–Crippen MR) is 37.3 cm³/mol. The van der Waals surface area contributed by atoms with Crippen molar-refractivity contribution in [3.63, 3.8) is 0 Å². The monoisotopic (exact) mass is 109 g/mol. The van der Waals surface area contributed by atoms with E-state index in [-0.39, 0.29) is 0 Å². The van der Waals surface area contributed by atoms with Crippen molar-refractivity contribution in [1.82, 2.24) is 0 Å². The fraction of sp³-hybridized carbons (Fsp3) is 0.625. The zero-order valence-corrected chi connectivity index (χ0v) is 5.48. The van der Waals surface area contributed by atoms with Crippen molar-refractivity contribution in [2.45, 2.75) is 32.6 Å². The van der Waals surface area contributed by atoms with Crippen molar-refractivity contribution < 1.29 is 0 Å². The van der Waals surface area contributed by atoms with Gasteiger partial charge in [0.05, 0.1) is 0 Å². The molecule has 0 aromatic heterocycles. The van der Waals surface area contributed by atoms with Gasteiger partial charge in [0.25, 0.3) is 0 Å². The van der Waals surface area contributed by atoms with Crippen molar-refractivity contribution >= 4 is 0 Å². The van der Waals surface area contributed by atoms with Gasteiger partial charge < -0.3 is 0 Å². The zero-order chi connectivity index (χ0) is 6.24. The molecule has 0 fully saturated rings. The maximum atomic E-state index is 5.05. The molecule has 0 aliphatic heterocycles. The summed E-state index contributed by atoms with van der Waals surface area (Å²) in [6.45, 7) is 2.08. The highest BCUT2D eigenvalue weighted by molar-refractivity contribution is 4.82. The molecule has 1 radical (unpaired) electrons. The lowest BCUT2D eigenvalue weighted by atomic mass is 10.2. The highest BCUT2D eigenvalue weighted by Crippen LogP contribution is 1.99. The molecule has 0 nitrogen and oxygen atoms in total. The van der Waals surface area contributed by atoms with Crippen molar-refractivity contribution in [3.05, 3.63) is 6.42 Å². The first-order chi connectivity index (χ1) is 3.91. The molecule has 0 N–H and O–H groups in total. The molecular formula is C8H13. The molecule has 45 valence electrons.